The second kappa shape index (κ2) is 3.81. The van der Waals surface area contributed by atoms with E-state index in [-0.39, 0.29) is 6.17 Å². The van der Waals surface area contributed by atoms with Crippen molar-refractivity contribution in [2.45, 2.75) is 6.17 Å². The topological polar surface area (TPSA) is 44.9 Å². The smallest absolute Gasteiger partial charge is 0.146 e. The van der Waals surface area contributed by atoms with Crippen molar-refractivity contribution in [3.8, 4) is 0 Å². The Kier molecular flexibility index (Phi) is 2.49. The SMILES string of the molecule is CN1C=CC(C2N=CC(N)=CN2C)=CC1. The van der Waals surface area contributed by atoms with Gasteiger partial charge >= 0.3 is 0 Å². The third kappa shape index (κ3) is 2.03. The zero-order valence-corrected chi connectivity index (χ0v) is 9.09. The van der Waals surface area contributed by atoms with Crippen LogP contribution in [0.15, 0.2) is 40.8 Å². The summed E-state index contributed by atoms with van der Waals surface area (Å²) in [6.45, 7) is 0.935. The van der Waals surface area contributed by atoms with E-state index in [0.717, 1.165) is 6.54 Å². The molecule has 4 nitrogen and oxygen atoms in total. The maximum atomic E-state index is 5.66. The molecule has 0 saturated heterocycles. The van der Waals surface area contributed by atoms with Gasteiger partial charge in [0.05, 0.1) is 5.70 Å². The lowest BCUT2D eigenvalue weighted by Crippen LogP contribution is -2.32. The van der Waals surface area contributed by atoms with Gasteiger partial charge in [-0.2, -0.15) is 0 Å². The van der Waals surface area contributed by atoms with Gasteiger partial charge in [-0.05, 0) is 17.8 Å². The van der Waals surface area contributed by atoms with E-state index >= 15 is 0 Å². The van der Waals surface area contributed by atoms with Crippen molar-refractivity contribution in [3.63, 3.8) is 0 Å². The molecular weight excluding hydrogens is 188 g/mol. The van der Waals surface area contributed by atoms with Crippen LogP contribution in [0.2, 0.25) is 0 Å². The minimum absolute atomic E-state index is 0.0715. The molecule has 0 fully saturated rings. The second-order valence-electron chi connectivity index (χ2n) is 3.91. The third-order valence-corrected chi connectivity index (χ3v) is 2.54. The fourth-order valence-corrected chi connectivity index (χ4v) is 1.71. The Bertz CT molecular complexity index is 365. The molecular formula is C11H16N4. The molecule has 0 aromatic rings. The largest absolute Gasteiger partial charge is 0.396 e. The number of aliphatic imine (C=N–C) groups is 1. The first-order valence-corrected chi connectivity index (χ1v) is 4.98. The summed E-state index contributed by atoms with van der Waals surface area (Å²) in [6.07, 6.45) is 10.1. The summed E-state index contributed by atoms with van der Waals surface area (Å²) in [5.74, 6) is 0. The Morgan fingerprint density at radius 1 is 1.47 bits per heavy atom. The van der Waals surface area contributed by atoms with Crippen molar-refractivity contribution in [2.75, 3.05) is 20.6 Å². The highest BCUT2D eigenvalue weighted by molar-refractivity contribution is 5.78. The quantitative estimate of drug-likeness (QED) is 0.677. The summed E-state index contributed by atoms with van der Waals surface area (Å²) in [7, 11) is 4.04. The fourth-order valence-electron chi connectivity index (χ4n) is 1.71. The van der Waals surface area contributed by atoms with Crippen LogP contribution in [-0.2, 0) is 0 Å². The van der Waals surface area contributed by atoms with Gasteiger partial charge in [0.2, 0.25) is 0 Å². The number of hydrogen-bond donors (Lipinski definition) is 1. The van der Waals surface area contributed by atoms with Gasteiger partial charge < -0.3 is 15.5 Å². The predicted octanol–water partition coefficient (Wildman–Crippen LogP) is 0.514. The zero-order valence-electron chi connectivity index (χ0n) is 9.09. The van der Waals surface area contributed by atoms with Crippen molar-refractivity contribution in [2.24, 2.45) is 10.7 Å². The first-order valence-electron chi connectivity index (χ1n) is 4.98. The van der Waals surface area contributed by atoms with Gasteiger partial charge in [0.25, 0.3) is 0 Å². The molecule has 0 bridgehead atoms. The molecule has 4 heteroatoms. The highest BCUT2D eigenvalue weighted by atomic mass is 15.2. The summed E-state index contributed by atoms with van der Waals surface area (Å²) in [6, 6.07) is 0. The summed E-state index contributed by atoms with van der Waals surface area (Å²) < 4.78 is 0. The maximum Gasteiger partial charge on any atom is 0.146 e. The molecule has 2 N–H and O–H groups in total. The molecule has 0 aromatic heterocycles. The molecule has 0 radical (unpaired) electrons. The van der Waals surface area contributed by atoms with Crippen molar-refractivity contribution in [3.05, 3.63) is 35.8 Å². The van der Waals surface area contributed by atoms with Gasteiger partial charge in [0.1, 0.15) is 6.17 Å². The Hall–Kier alpha value is -1.71. The number of hydrogen-bond acceptors (Lipinski definition) is 4. The fraction of sp³-hybridized carbons (Fsp3) is 0.364. The number of nitrogens with two attached hydrogens (primary N) is 1. The Labute approximate surface area is 90.1 Å². The predicted molar refractivity (Wildman–Crippen MR) is 62.2 cm³/mol. The molecule has 0 aromatic carbocycles. The van der Waals surface area contributed by atoms with Crippen LogP contribution in [-0.4, -0.2) is 42.8 Å². The average Bonchev–Trinajstić information content (AvgIpc) is 2.20. The standard InChI is InChI=1S/C11H16N4/c1-14-5-3-9(4-6-14)11-13-7-10(12)8-15(11)2/h3-5,7-8,11H,6,12H2,1-2H3. The van der Waals surface area contributed by atoms with Gasteiger partial charge in [0.15, 0.2) is 0 Å². The van der Waals surface area contributed by atoms with Gasteiger partial charge in [-0.15, -0.1) is 0 Å². The number of nitrogens with zero attached hydrogens (tertiary/aromatic N) is 3. The van der Waals surface area contributed by atoms with E-state index in [1.165, 1.54) is 5.57 Å². The van der Waals surface area contributed by atoms with Crippen LogP contribution in [0.3, 0.4) is 0 Å². The molecule has 2 heterocycles. The molecule has 0 saturated carbocycles. The highest BCUT2D eigenvalue weighted by Gasteiger charge is 2.18. The monoisotopic (exact) mass is 204 g/mol. The highest BCUT2D eigenvalue weighted by Crippen LogP contribution is 2.18. The molecule has 2 aliphatic rings. The Morgan fingerprint density at radius 3 is 2.87 bits per heavy atom. The summed E-state index contributed by atoms with van der Waals surface area (Å²) >= 11 is 0. The van der Waals surface area contributed by atoms with Crippen molar-refractivity contribution < 1.29 is 0 Å². The van der Waals surface area contributed by atoms with Crippen molar-refractivity contribution in [1.82, 2.24) is 9.80 Å². The number of rotatable bonds is 1. The third-order valence-electron chi connectivity index (χ3n) is 2.54. The molecule has 15 heavy (non-hydrogen) atoms. The van der Waals surface area contributed by atoms with E-state index in [4.69, 9.17) is 5.73 Å². The average molecular weight is 204 g/mol. The van der Waals surface area contributed by atoms with Crippen molar-refractivity contribution >= 4 is 6.21 Å². The first kappa shape index (κ1) is 9.83. The molecule has 0 amide bonds. The van der Waals surface area contributed by atoms with Crippen LogP contribution in [0.4, 0.5) is 0 Å². The van der Waals surface area contributed by atoms with Crippen LogP contribution in [0, 0.1) is 0 Å². The second-order valence-corrected chi connectivity index (χ2v) is 3.91. The van der Waals surface area contributed by atoms with Crippen LogP contribution >= 0.6 is 0 Å². The summed E-state index contributed by atoms with van der Waals surface area (Å²) in [4.78, 5) is 8.56. The number of allylic oxidation sites excluding steroid dienone is 1. The maximum absolute atomic E-state index is 5.66. The van der Waals surface area contributed by atoms with E-state index < -0.39 is 0 Å². The van der Waals surface area contributed by atoms with Crippen LogP contribution in [0.25, 0.3) is 0 Å². The Balaban J connectivity index is 2.14. The minimum Gasteiger partial charge on any atom is -0.396 e. The molecule has 1 unspecified atom stereocenters. The number of likely N-dealkylation sites (N-methyl/N-ethyl adjacent to an activating group) is 2. The van der Waals surface area contributed by atoms with Crippen LogP contribution < -0.4 is 5.73 Å². The minimum atomic E-state index is 0.0715. The van der Waals surface area contributed by atoms with Gasteiger partial charge in [-0.25, -0.2) is 0 Å². The summed E-state index contributed by atoms with van der Waals surface area (Å²) in [5.41, 5.74) is 7.58. The first-order chi connectivity index (χ1) is 7.16. The van der Waals surface area contributed by atoms with E-state index in [1.807, 2.05) is 18.1 Å². The molecule has 2 rings (SSSR count). The lowest BCUT2D eigenvalue weighted by atomic mass is 10.1. The molecule has 1 atom stereocenters. The van der Waals surface area contributed by atoms with Gasteiger partial charge in [0, 0.05) is 33.1 Å². The van der Waals surface area contributed by atoms with Gasteiger partial charge in [-0.1, -0.05) is 6.08 Å². The zero-order chi connectivity index (χ0) is 10.8. The lowest BCUT2D eigenvalue weighted by molar-refractivity contribution is 0.373. The van der Waals surface area contributed by atoms with E-state index in [1.54, 1.807) is 6.21 Å². The molecule has 2 aliphatic heterocycles. The van der Waals surface area contributed by atoms with E-state index in [9.17, 15) is 0 Å². The van der Waals surface area contributed by atoms with Crippen LogP contribution in [0.1, 0.15) is 0 Å². The molecule has 0 spiro atoms. The van der Waals surface area contributed by atoms with E-state index in [0.29, 0.717) is 5.70 Å². The molecule has 80 valence electrons. The summed E-state index contributed by atoms with van der Waals surface area (Å²) in [5, 5.41) is 0. The Morgan fingerprint density at radius 2 is 2.27 bits per heavy atom. The van der Waals surface area contributed by atoms with Crippen LogP contribution in [0.5, 0.6) is 0 Å². The van der Waals surface area contributed by atoms with Gasteiger partial charge in [-0.3, -0.25) is 4.99 Å². The lowest BCUT2D eigenvalue weighted by Gasteiger charge is -2.29. The normalized spacial score (nSPS) is 25.3. The van der Waals surface area contributed by atoms with E-state index in [2.05, 4.69) is 35.3 Å². The van der Waals surface area contributed by atoms with Crippen molar-refractivity contribution in [1.29, 1.82) is 0 Å². The molecule has 0 aliphatic carbocycles.